The second-order valence-corrected chi connectivity index (χ2v) is 6.24. The summed E-state index contributed by atoms with van der Waals surface area (Å²) in [6.45, 7) is 4.83. The van der Waals surface area contributed by atoms with Crippen molar-refractivity contribution >= 4 is 21.9 Å². The Bertz CT molecular complexity index is 850. The molecule has 0 saturated carbocycles. The summed E-state index contributed by atoms with van der Waals surface area (Å²) in [6, 6.07) is 5.38. The highest BCUT2D eigenvalue weighted by atomic mass is 16.5. The van der Waals surface area contributed by atoms with Crippen molar-refractivity contribution in [1.82, 2.24) is 14.5 Å². The number of fused-ring (bicyclic) bond motifs is 3. The van der Waals surface area contributed by atoms with Gasteiger partial charge in [0, 0.05) is 37.6 Å². The maximum atomic E-state index is 9.71. The molecule has 0 bridgehead atoms. The van der Waals surface area contributed by atoms with Gasteiger partial charge in [-0.2, -0.15) is 0 Å². The van der Waals surface area contributed by atoms with Crippen LogP contribution in [0, 0.1) is 5.92 Å². The number of phenolic OH excluding ortho intramolecular Hbond substituents is 1. The summed E-state index contributed by atoms with van der Waals surface area (Å²) in [5, 5.41) is 10.8. The predicted octanol–water partition coefficient (Wildman–Crippen LogP) is 3.28. The van der Waals surface area contributed by atoms with Gasteiger partial charge >= 0.3 is 0 Å². The molecule has 1 fully saturated rings. The lowest BCUT2D eigenvalue weighted by Gasteiger charge is -2.23. The lowest BCUT2D eigenvalue weighted by molar-refractivity contribution is 0.0614. The number of benzene rings is 1. The molecule has 2 aromatic heterocycles. The Morgan fingerprint density at radius 3 is 2.87 bits per heavy atom. The molecule has 3 heterocycles. The smallest absolute Gasteiger partial charge is 0.117 e. The van der Waals surface area contributed by atoms with Crippen LogP contribution in [0.15, 0.2) is 24.4 Å². The largest absolute Gasteiger partial charge is 0.508 e. The van der Waals surface area contributed by atoms with Crippen LogP contribution in [0.2, 0.25) is 0 Å². The van der Waals surface area contributed by atoms with Gasteiger partial charge in [0.1, 0.15) is 17.1 Å². The second kappa shape index (κ2) is 5.81. The zero-order chi connectivity index (χ0) is 15.8. The molecule has 5 heteroatoms. The van der Waals surface area contributed by atoms with Gasteiger partial charge in [0.25, 0.3) is 0 Å². The van der Waals surface area contributed by atoms with Crippen LogP contribution in [0.5, 0.6) is 5.75 Å². The van der Waals surface area contributed by atoms with Crippen LogP contribution in [0.25, 0.3) is 21.9 Å². The van der Waals surface area contributed by atoms with E-state index in [2.05, 4.69) is 16.5 Å². The monoisotopic (exact) mass is 311 g/mol. The minimum Gasteiger partial charge on any atom is -0.508 e. The highest BCUT2D eigenvalue weighted by molar-refractivity contribution is 6.02. The van der Waals surface area contributed by atoms with E-state index < -0.39 is 0 Å². The van der Waals surface area contributed by atoms with Crippen molar-refractivity contribution in [1.29, 1.82) is 0 Å². The van der Waals surface area contributed by atoms with E-state index in [1.807, 2.05) is 12.3 Å². The zero-order valence-electron chi connectivity index (χ0n) is 13.3. The van der Waals surface area contributed by atoms with Gasteiger partial charge in [0.2, 0.25) is 0 Å². The molecule has 0 aliphatic carbocycles. The van der Waals surface area contributed by atoms with E-state index in [0.29, 0.717) is 5.92 Å². The van der Waals surface area contributed by atoms with E-state index >= 15 is 0 Å². The molecular formula is C18H21N3O2. The molecule has 23 heavy (non-hydrogen) atoms. The minimum absolute atomic E-state index is 0.246. The van der Waals surface area contributed by atoms with E-state index in [9.17, 15) is 5.11 Å². The first kappa shape index (κ1) is 14.5. The Balaban J connectivity index is 1.88. The number of phenols is 1. The summed E-state index contributed by atoms with van der Waals surface area (Å²) in [6.07, 6.45) is 4.92. The van der Waals surface area contributed by atoms with Gasteiger partial charge in [-0.15, -0.1) is 0 Å². The van der Waals surface area contributed by atoms with Crippen molar-refractivity contribution < 1.29 is 9.84 Å². The summed E-state index contributed by atoms with van der Waals surface area (Å²) in [5.41, 5.74) is 2.89. The van der Waals surface area contributed by atoms with Crippen LogP contribution in [0.1, 0.15) is 25.6 Å². The first-order chi connectivity index (χ1) is 11.3. The Labute approximate surface area is 134 Å². The molecule has 1 saturated heterocycles. The van der Waals surface area contributed by atoms with Crippen LogP contribution in [0.3, 0.4) is 0 Å². The third-order valence-corrected chi connectivity index (χ3v) is 4.73. The van der Waals surface area contributed by atoms with E-state index in [4.69, 9.17) is 9.72 Å². The fraction of sp³-hybridized carbons (Fsp3) is 0.444. The standard InChI is InChI=1S/C18H21N3O2/c1-2-17-20-16-10-19-15-9-13(22)3-4-14(15)18(16)21(17)11-12-5-7-23-8-6-12/h3-4,9-10,12,22H,2,5-8,11H2,1H3. The molecule has 0 radical (unpaired) electrons. The Morgan fingerprint density at radius 1 is 1.26 bits per heavy atom. The molecule has 0 spiro atoms. The van der Waals surface area contributed by atoms with E-state index in [-0.39, 0.29) is 5.75 Å². The average Bonchev–Trinajstić information content (AvgIpc) is 2.93. The maximum Gasteiger partial charge on any atom is 0.117 e. The minimum atomic E-state index is 0.246. The number of imidazole rings is 1. The van der Waals surface area contributed by atoms with Crippen molar-refractivity contribution in [3.05, 3.63) is 30.2 Å². The van der Waals surface area contributed by atoms with Crippen LogP contribution < -0.4 is 0 Å². The highest BCUT2D eigenvalue weighted by Crippen LogP contribution is 2.29. The van der Waals surface area contributed by atoms with Gasteiger partial charge in [-0.1, -0.05) is 6.92 Å². The van der Waals surface area contributed by atoms with Gasteiger partial charge in [0.15, 0.2) is 0 Å². The van der Waals surface area contributed by atoms with Crippen molar-refractivity contribution in [2.45, 2.75) is 32.7 Å². The summed E-state index contributed by atoms with van der Waals surface area (Å²) in [4.78, 5) is 9.23. The van der Waals surface area contributed by atoms with Crippen LogP contribution in [-0.2, 0) is 17.7 Å². The third-order valence-electron chi connectivity index (χ3n) is 4.73. The van der Waals surface area contributed by atoms with Gasteiger partial charge < -0.3 is 14.4 Å². The fourth-order valence-corrected chi connectivity index (χ4v) is 3.50. The SMILES string of the molecule is CCc1nc2cnc3cc(O)ccc3c2n1CC1CCOCC1. The number of rotatable bonds is 3. The summed E-state index contributed by atoms with van der Waals surface area (Å²) < 4.78 is 7.84. The lowest BCUT2D eigenvalue weighted by Crippen LogP contribution is -2.21. The van der Waals surface area contributed by atoms with Gasteiger partial charge in [-0.25, -0.2) is 4.98 Å². The van der Waals surface area contributed by atoms with Crippen LogP contribution >= 0.6 is 0 Å². The lowest BCUT2D eigenvalue weighted by atomic mass is 10.00. The van der Waals surface area contributed by atoms with Crippen molar-refractivity contribution in [3.8, 4) is 5.75 Å². The number of hydrogen-bond acceptors (Lipinski definition) is 4. The van der Waals surface area contributed by atoms with Gasteiger partial charge in [-0.05, 0) is 30.9 Å². The topological polar surface area (TPSA) is 60.2 Å². The highest BCUT2D eigenvalue weighted by Gasteiger charge is 2.19. The van der Waals surface area contributed by atoms with E-state index in [1.54, 1.807) is 12.1 Å². The number of hydrogen-bond donors (Lipinski definition) is 1. The molecule has 1 aromatic carbocycles. The molecule has 0 unspecified atom stereocenters. The Hall–Kier alpha value is -2.14. The molecule has 0 amide bonds. The molecule has 4 rings (SSSR count). The van der Waals surface area contributed by atoms with Crippen LogP contribution in [0.4, 0.5) is 0 Å². The number of ether oxygens (including phenoxy) is 1. The predicted molar refractivity (Wildman–Crippen MR) is 89.6 cm³/mol. The molecule has 5 nitrogen and oxygen atoms in total. The molecule has 1 aliphatic rings. The van der Waals surface area contributed by atoms with Crippen molar-refractivity contribution in [3.63, 3.8) is 0 Å². The Morgan fingerprint density at radius 2 is 2.09 bits per heavy atom. The number of pyridine rings is 1. The molecule has 0 atom stereocenters. The average molecular weight is 311 g/mol. The second-order valence-electron chi connectivity index (χ2n) is 6.24. The van der Waals surface area contributed by atoms with E-state index in [1.165, 1.54) is 0 Å². The molecule has 3 aromatic rings. The Kier molecular flexibility index (Phi) is 3.65. The first-order valence-electron chi connectivity index (χ1n) is 8.31. The molecule has 1 N–H and O–H groups in total. The number of nitrogens with zero attached hydrogens (tertiary/aromatic N) is 3. The van der Waals surface area contributed by atoms with Crippen molar-refractivity contribution in [2.24, 2.45) is 5.92 Å². The van der Waals surface area contributed by atoms with E-state index in [0.717, 1.165) is 66.8 Å². The number of aryl methyl sites for hydroxylation is 1. The fourth-order valence-electron chi connectivity index (χ4n) is 3.50. The summed E-state index contributed by atoms with van der Waals surface area (Å²) in [5.74, 6) is 1.98. The normalized spacial score (nSPS) is 16.4. The van der Waals surface area contributed by atoms with Crippen molar-refractivity contribution in [2.75, 3.05) is 13.2 Å². The summed E-state index contributed by atoms with van der Waals surface area (Å²) >= 11 is 0. The summed E-state index contributed by atoms with van der Waals surface area (Å²) in [7, 11) is 0. The van der Waals surface area contributed by atoms with Crippen LogP contribution in [-0.4, -0.2) is 32.9 Å². The number of aromatic nitrogens is 3. The maximum absolute atomic E-state index is 9.71. The third kappa shape index (κ3) is 2.55. The zero-order valence-corrected chi connectivity index (χ0v) is 13.3. The first-order valence-corrected chi connectivity index (χ1v) is 8.31. The van der Waals surface area contributed by atoms with Gasteiger partial charge in [-0.3, -0.25) is 4.98 Å². The van der Waals surface area contributed by atoms with Gasteiger partial charge in [0.05, 0.1) is 17.2 Å². The molecule has 1 aliphatic heterocycles. The quantitative estimate of drug-likeness (QED) is 0.806. The molecule has 120 valence electrons. The molecular weight excluding hydrogens is 290 g/mol. The number of aromatic hydroxyl groups is 1.